The zero-order chi connectivity index (χ0) is 12.0. The van der Waals surface area contributed by atoms with Gasteiger partial charge in [0.05, 0.1) is 6.10 Å². The number of ether oxygens (including phenoxy) is 1. The van der Waals surface area contributed by atoms with Crippen molar-refractivity contribution in [3.05, 3.63) is 29.8 Å². The van der Waals surface area contributed by atoms with Crippen LogP contribution in [0, 0.1) is 0 Å². The van der Waals surface area contributed by atoms with E-state index < -0.39 is 0 Å². The molecule has 3 heteroatoms. The fraction of sp³-hybridized carbons (Fsp3) is 0.538. The van der Waals surface area contributed by atoms with E-state index in [0.29, 0.717) is 0 Å². The van der Waals surface area contributed by atoms with Gasteiger partial charge >= 0.3 is 0 Å². The van der Waals surface area contributed by atoms with E-state index in [9.17, 15) is 0 Å². The molecule has 0 heterocycles. The third-order valence-electron chi connectivity index (χ3n) is 2.43. The summed E-state index contributed by atoms with van der Waals surface area (Å²) in [6, 6.07) is 8.36. The molecule has 0 bridgehead atoms. The zero-order valence-electron chi connectivity index (χ0n) is 10.4. The van der Waals surface area contributed by atoms with Crippen molar-refractivity contribution in [3.8, 4) is 5.75 Å². The van der Waals surface area contributed by atoms with E-state index >= 15 is 0 Å². The molecule has 0 amide bonds. The molecule has 0 fully saturated rings. The molecular weight excluding hydrogens is 200 g/mol. The number of hydrazine groups is 1. The van der Waals surface area contributed by atoms with Crippen LogP contribution < -0.4 is 16.0 Å². The average Bonchev–Trinajstić information content (AvgIpc) is 2.26. The van der Waals surface area contributed by atoms with Gasteiger partial charge in [-0.15, -0.1) is 0 Å². The second-order valence-corrected chi connectivity index (χ2v) is 4.24. The van der Waals surface area contributed by atoms with Gasteiger partial charge < -0.3 is 4.74 Å². The van der Waals surface area contributed by atoms with Crippen molar-refractivity contribution in [2.45, 2.75) is 45.8 Å². The van der Waals surface area contributed by atoms with Crippen molar-refractivity contribution in [2.75, 3.05) is 0 Å². The second-order valence-electron chi connectivity index (χ2n) is 4.24. The minimum absolute atomic E-state index is 0.213. The van der Waals surface area contributed by atoms with Crippen molar-refractivity contribution in [2.24, 2.45) is 5.84 Å². The van der Waals surface area contributed by atoms with Crippen molar-refractivity contribution < 1.29 is 4.74 Å². The van der Waals surface area contributed by atoms with Gasteiger partial charge in [-0.2, -0.15) is 0 Å². The van der Waals surface area contributed by atoms with Crippen LogP contribution in [-0.4, -0.2) is 6.10 Å². The minimum atomic E-state index is 0.213. The first-order valence-electron chi connectivity index (χ1n) is 5.90. The van der Waals surface area contributed by atoms with Crippen LogP contribution in [0.3, 0.4) is 0 Å². The molecule has 0 saturated heterocycles. The summed E-state index contributed by atoms with van der Waals surface area (Å²) < 4.78 is 5.59. The normalized spacial score (nSPS) is 12.8. The van der Waals surface area contributed by atoms with Crippen LogP contribution in [0.4, 0.5) is 0 Å². The van der Waals surface area contributed by atoms with E-state index in [-0.39, 0.29) is 12.1 Å². The maximum Gasteiger partial charge on any atom is 0.119 e. The molecule has 90 valence electrons. The topological polar surface area (TPSA) is 47.3 Å². The molecule has 16 heavy (non-hydrogen) atoms. The number of hydrogen-bond acceptors (Lipinski definition) is 3. The zero-order valence-corrected chi connectivity index (χ0v) is 10.4. The lowest BCUT2D eigenvalue weighted by molar-refractivity contribution is 0.242. The van der Waals surface area contributed by atoms with Crippen molar-refractivity contribution in [1.29, 1.82) is 0 Å². The van der Waals surface area contributed by atoms with Gasteiger partial charge in [0.25, 0.3) is 0 Å². The van der Waals surface area contributed by atoms with Gasteiger partial charge in [-0.05, 0) is 38.0 Å². The summed E-state index contributed by atoms with van der Waals surface area (Å²) in [7, 11) is 0. The van der Waals surface area contributed by atoms with Crippen LogP contribution in [0.1, 0.15) is 45.2 Å². The first-order valence-corrected chi connectivity index (χ1v) is 5.90. The van der Waals surface area contributed by atoms with Gasteiger partial charge in [0.2, 0.25) is 0 Å². The first-order chi connectivity index (χ1) is 7.67. The summed E-state index contributed by atoms with van der Waals surface area (Å²) in [4.78, 5) is 0. The molecule has 1 atom stereocenters. The standard InChI is InChI=1S/C13H22N2O/c1-4-5-13(15-14)11-6-8-12(9-7-11)16-10(2)3/h6-10,13,15H,4-5,14H2,1-3H3. The van der Waals surface area contributed by atoms with Crippen LogP contribution in [0.25, 0.3) is 0 Å². The molecule has 0 spiro atoms. The van der Waals surface area contributed by atoms with E-state index in [4.69, 9.17) is 10.6 Å². The number of benzene rings is 1. The van der Waals surface area contributed by atoms with E-state index in [0.717, 1.165) is 18.6 Å². The Morgan fingerprint density at radius 3 is 2.31 bits per heavy atom. The monoisotopic (exact) mass is 222 g/mol. The van der Waals surface area contributed by atoms with Gasteiger partial charge in [0, 0.05) is 6.04 Å². The van der Waals surface area contributed by atoms with Crippen molar-refractivity contribution in [3.63, 3.8) is 0 Å². The molecule has 1 rings (SSSR count). The Labute approximate surface area is 98.0 Å². The van der Waals surface area contributed by atoms with Crippen LogP contribution in [0.2, 0.25) is 0 Å². The van der Waals surface area contributed by atoms with Crippen LogP contribution in [0.5, 0.6) is 5.75 Å². The quantitative estimate of drug-likeness (QED) is 0.574. The molecule has 0 aromatic heterocycles. The number of rotatable bonds is 6. The van der Waals surface area contributed by atoms with Gasteiger partial charge in [-0.1, -0.05) is 25.5 Å². The van der Waals surface area contributed by atoms with E-state index in [1.807, 2.05) is 26.0 Å². The highest BCUT2D eigenvalue weighted by Gasteiger charge is 2.08. The Morgan fingerprint density at radius 2 is 1.88 bits per heavy atom. The summed E-state index contributed by atoms with van der Waals surface area (Å²) in [5.74, 6) is 6.44. The van der Waals surface area contributed by atoms with Gasteiger partial charge in [-0.3, -0.25) is 11.3 Å². The lowest BCUT2D eigenvalue weighted by Crippen LogP contribution is -2.27. The van der Waals surface area contributed by atoms with Crippen LogP contribution in [0.15, 0.2) is 24.3 Å². The summed E-state index contributed by atoms with van der Waals surface area (Å²) in [6.45, 7) is 6.20. The average molecular weight is 222 g/mol. The van der Waals surface area contributed by atoms with Crippen LogP contribution in [-0.2, 0) is 0 Å². The number of hydrogen-bond donors (Lipinski definition) is 2. The Balaban J connectivity index is 2.69. The molecule has 3 nitrogen and oxygen atoms in total. The summed E-state index contributed by atoms with van der Waals surface area (Å²) >= 11 is 0. The third kappa shape index (κ3) is 3.83. The van der Waals surface area contributed by atoms with Crippen molar-refractivity contribution in [1.82, 2.24) is 5.43 Å². The molecule has 0 saturated carbocycles. The fourth-order valence-electron chi connectivity index (χ4n) is 1.69. The smallest absolute Gasteiger partial charge is 0.119 e. The van der Waals surface area contributed by atoms with E-state index in [1.165, 1.54) is 5.56 Å². The lowest BCUT2D eigenvalue weighted by atomic mass is 10.0. The maximum atomic E-state index is 5.59. The lowest BCUT2D eigenvalue weighted by Gasteiger charge is -2.16. The molecule has 1 unspecified atom stereocenters. The highest BCUT2D eigenvalue weighted by molar-refractivity contribution is 5.29. The van der Waals surface area contributed by atoms with E-state index in [2.05, 4.69) is 24.5 Å². The molecule has 0 aliphatic heterocycles. The largest absolute Gasteiger partial charge is 0.491 e. The van der Waals surface area contributed by atoms with Gasteiger partial charge in [0.1, 0.15) is 5.75 Å². The Hall–Kier alpha value is -1.06. The molecule has 1 aromatic rings. The number of nitrogens with one attached hydrogen (secondary N) is 1. The molecular formula is C13H22N2O. The predicted octanol–water partition coefficient (Wildman–Crippen LogP) is 2.78. The van der Waals surface area contributed by atoms with Gasteiger partial charge in [0.15, 0.2) is 0 Å². The molecule has 0 aliphatic carbocycles. The van der Waals surface area contributed by atoms with Crippen LogP contribution >= 0.6 is 0 Å². The maximum absolute atomic E-state index is 5.59. The highest BCUT2D eigenvalue weighted by atomic mass is 16.5. The highest BCUT2D eigenvalue weighted by Crippen LogP contribution is 2.21. The minimum Gasteiger partial charge on any atom is -0.491 e. The second kappa shape index (κ2) is 6.51. The van der Waals surface area contributed by atoms with Gasteiger partial charge in [-0.25, -0.2) is 0 Å². The summed E-state index contributed by atoms with van der Waals surface area (Å²) in [5, 5.41) is 0. The Kier molecular flexibility index (Phi) is 5.29. The molecule has 0 aliphatic rings. The summed E-state index contributed by atoms with van der Waals surface area (Å²) in [6.07, 6.45) is 2.37. The third-order valence-corrected chi connectivity index (χ3v) is 2.43. The molecule has 3 N–H and O–H groups in total. The summed E-state index contributed by atoms with van der Waals surface area (Å²) in [5.41, 5.74) is 4.05. The number of nitrogens with two attached hydrogens (primary N) is 1. The van der Waals surface area contributed by atoms with Crippen molar-refractivity contribution >= 4 is 0 Å². The molecule has 0 radical (unpaired) electrons. The SMILES string of the molecule is CCCC(NN)c1ccc(OC(C)C)cc1. The fourth-order valence-corrected chi connectivity index (χ4v) is 1.69. The Bertz CT molecular complexity index is 295. The molecule has 1 aromatic carbocycles. The Morgan fingerprint density at radius 1 is 1.25 bits per heavy atom. The first kappa shape index (κ1) is 13.0. The predicted molar refractivity (Wildman–Crippen MR) is 67.2 cm³/mol. The van der Waals surface area contributed by atoms with E-state index in [1.54, 1.807) is 0 Å².